The van der Waals surface area contributed by atoms with Crippen molar-refractivity contribution in [1.82, 2.24) is 15.1 Å². The van der Waals surface area contributed by atoms with Gasteiger partial charge in [-0.25, -0.2) is 4.79 Å². The van der Waals surface area contributed by atoms with Crippen LogP contribution in [0.1, 0.15) is 23.2 Å². The molecule has 0 saturated heterocycles. The number of rotatable bonds is 5. The average molecular weight is 288 g/mol. The Morgan fingerprint density at radius 2 is 1.95 bits per heavy atom. The SMILES string of the molecule is Cn1cc(C(N)C(=O)N[C@@H](C(=O)O)c2ccccc2)cn1. The molecule has 0 radical (unpaired) electrons. The van der Waals surface area contributed by atoms with E-state index < -0.39 is 24.0 Å². The van der Waals surface area contributed by atoms with E-state index in [-0.39, 0.29) is 0 Å². The van der Waals surface area contributed by atoms with Crippen LogP contribution in [0.3, 0.4) is 0 Å². The van der Waals surface area contributed by atoms with E-state index in [4.69, 9.17) is 5.73 Å². The van der Waals surface area contributed by atoms with Gasteiger partial charge in [0.25, 0.3) is 0 Å². The van der Waals surface area contributed by atoms with Crippen molar-refractivity contribution in [3.8, 4) is 0 Å². The van der Waals surface area contributed by atoms with Gasteiger partial charge in [0.05, 0.1) is 6.20 Å². The first kappa shape index (κ1) is 14.7. The van der Waals surface area contributed by atoms with E-state index >= 15 is 0 Å². The number of carboxylic acid groups (broad SMARTS) is 1. The lowest BCUT2D eigenvalue weighted by Gasteiger charge is -2.17. The van der Waals surface area contributed by atoms with Crippen LogP contribution in [-0.4, -0.2) is 26.8 Å². The summed E-state index contributed by atoms with van der Waals surface area (Å²) in [5, 5.41) is 15.6. The van der Waals surface area contributed by atoms with Gasteiger partial charge in [0, 0.05) is 18.8 Å². The summed E-state index contributed by atoms with van der Waals surface area (Å²) in [6.07, 6.45) is 3.09. The molecule has 2 aromatic rings. The second-order valence-electron chi connectivity index (χ2n) is 4.62. The molecule has 0 fully saturated rings. The standard InChI is InChI=1S/C14H16N4O3/c1-18-8-10(7-16-18)11(15)13(19)17-12(14(20)21)9-5-3-2-4-6-9/h2-8,11-12H,15H2,1H3,(H,17,19)(H,20,21)/t11?,12-/m1/s1. The first-order chi connectivity index (χ1) is 9.99. The van der Waals surface area contributed by atoms with Crippen molar-refractivity contribution in [2.45, 2.75) is 12.1 Å². The highest BCUT2D eigenvalue weighted by molar-refractivity contribution is 5.88. The molecule has 0 aliphatic carbocycles. The van der Waals surface area contributed by atoms with Gasteiger partial charge in [-0.05, 0) is 5.56 Å². The van der Waals surface area contributed by atoms with Crippen LogP contribution in [0.15, 0.2) is 42.7 Å². The quantitative estimate of drug-likeness (QED) is 0.736. The summed E-state index contributed by atoms with van der Waals surface area (Å²) in [6, 6.07) is 6.34. The fourth-order valence-electron chi connectivity index (χ4n) is 1.92. The Kier molecular flexibility index (Phi) is 4.34. The smallest absolute Gasteiger partial charge is 0.330 e. The van der Waals surface area contributed by atoms with Gasteiger partial charge >= 0.3 is 5.97 Å². The molecule has 0 aliphatic rings. The van der Waals surface area contributed by atoms with Crippen molar-refractivity contribution in [2.24, 2.45) is 12.8 Å². The minimum Gasteiger partial charge on any atom is -0.479 e. The number of aliphatic carboxylic acids is 1. The summed E-state index contributed by atoms with van der Waals surface area (Å²) in [5.41, 5.74) is 6.82. The number of aromatic nitrogens is 2. The molecule has 1 aromatic carbocycles. The first-order valence-electron chi connectivity index (χ1n) is 6.31. The number of benzene rings is 1. The van der Waals surface area contributed by atoms with Gasteiger partial charge in [-0.15, -0.1) is 0 Å². The second-order valence-corrected chi connectivity index (χ2v) is 4.62. The number of carbonyl (C=O) groups excluding carboxylic acids is 1. The van der Waals surface area contributed by atoms with E-state index in [0.29, 0.717) is 11.1 Å². The molecule has 4 N–H and O–H groups in total. The minimum absolute atomic E-state index is 0.483. The lowest BCUT2D eigenvalue weighted by molar-refractivity contribution is -0.142. The Balaban J connectivity index is 2.14. The summed E-state index contributed by atoms with van der Waals surface area (Å²) >= 11 is 0. The van der Waals surface area contributed by atoms with Crippen molar-refractivity contribution in [1.29, 1.82) is 0 Å². The van der Waals surface area contributed by atoms with Crippen LogP contribution in [0, 0.1) is 0 Å². The van der Waals surface area contributed by atoms with Crippen LogP contribution in [-0.2, 0) is 16.6 Å². The minimum atomic E-state index is -1.15. The van der Waals surface area contributed by atoms with E-state index in [0.717, 1.165) is 0 Å². The molecule has 1 unspecified atom stereocenters. The first-order valence-corrected chi connectivity index (χ1v) is 6.31. The molecule has 0 spiro atoms. The molecule has 21 heavy (non-hydrogen) atoms. The van der Waals surface area contributed by atoms with Crippen molar-refractivity contribution < 1.29 is 14.7 Å². The normalized spacial score (nSPS) is 13.4. The highest BCUT2D eigenvalue weighted by Gasteiger charge is 2.25. The maximum Gasteiger partial charge on any atom is 0.330 e. The molecule has 2 atom stereocenters. The van der Waals surface area contributed by atoms with Crippen molar-refractivity contribution in [3.05, 3.63) is 53.9 Å². The van der Waals surface area contributed by atoms with Gasteiger partial charge in [-0.1, -0.05) is 30.3 Å². The number of hydrogen-bond donors (Lipinski definition) is 3. The molecule has 7 nitrogen and oxygen atoms in total. The van der Waals surface area contributed by atoms with E-state index in [1.165, 1.54) is 10.9 Å². The number of aryl methyl sites for hydroxylation is 1. The Labute approximate surface area is 121 Å². The molecule has 2 rings (SSSR count). The molecular formula is C14H16N4O3. The predicted molar refractivity (Wildman–Crippen MR) is 75.1 cm³/mol. The number of nitrogens with one attached hydrogen (secondary N) is 1. The zero-order valence-electron chi connectivity index (χ0n) is 11.4. The highest BCUT2D eigenvalue weighted by Crippen LogP contribution is 2.15. The molecule has 1 amide bonds. The lowest BCUT2D eigenvalue weighted by Crippen LogP contribution is -2.39. The van der Waals surface area contributed by atoms with Gasteiger partial charge in [0.1, 0.15) is 6.04 Å². The molecule has 110 valence electrons. The number of nitrogens with zero attached hydrogens (tertiary/aromatic N) is 2. The summed E-state index contributed by atoms with van der Waals surface area (Å²) < 4.78 is 1.52. The Bertz CT molecular complexity index is 639. The maximum atomic E-state index is 12.1. The van der Waals surface area contributed by atoms with Crippen LogP contribution < -0.4 is 11.1 Å². The third-order valence-corrected chi connectivity index (χ3v) is 3.03. The van der Waals surface area contributed by atoms with Gasteiger partial charge in [-0.3, -0.25) is 9.48 Å². The van der Waals surface area contributed by atoms with Crippen LogP contribution in [0.25, 0.3) is 0 Å². The maximum absolute atomic E-state index is 12.1. The van der Waals surface area contributed by atoms with E-state index in [1.807, 2.05) is 0 Å². The van der Waals surface area contributed by atoms with Gasteiger partial charge < -0.3 is 16.2 Å². The summed E-state index contributed by atoms with van der Waals surface area (Å²) in [4.78, 5) is 23.4. The number of hydrogen-bond acceptors (Lipinski definition) is 4. The van der Waals surface area contributed by atoms with Gasteiger partial charge in [0.2, 0.25) is 5.91 Å². The summed E-state index contributed by atoms with van der Waals surface area (Å²) in [5.74, 6) is -1.72. The fraction of sp³-hybridized carbons (Fsp3) is 0.214. The largest absolute Gasteiger partial charge is 0.479 e. The molecular weight excluding hydrogens is 272 g/mol. The number of nitrogens with two attached hydrogens (primary N) is 1. The molecule has 0 bridgehead atoms. The van der Waals surface area contributed by atoms with Crippen molar-refractivity contribution in [2.75, 3.05) is 0 Å². The highest BCUT2D eigenvalue weighted by atomic mass is 16.4. The second kappa shape index (κ2) is 6.19. The topological polar surface area (TPSA) is 110 Å². The molecule has 1 heterocycles. The average Bonchev–Trinajstić information content (AvgIpc) is 2.90. The lowest BCUT2D eigenvalue weighted by atomic mass is 10.1. The van der Waals surface area contributed by atoms with E-state index in [1.54, 1.807) is 43.6 Å². The predicted octanol–water partition coefficient (Wildman–Crippen LogP) is 0.362. The molecule has 0 aliphatic heterocycles. The fourth-order valence-corrected chi connectivity index (χ4v) is 1.92. The molecule has 7 heteroatoms. The summed E-state index contributed by atoms with van der Waals surface area (Å²) in [6.45, 7) is 0. The Morgan fingerprint density at radius 1 is 1.29 bits per heavy atom. The molecule has 0 saturated carbocycles. The van der Waals surface area contributed by atoms with E-state index in [2.05, 4.69) is 10.4 Å². The van der Waals surface area contributed by atoms with Crippen LogP contribution in [0.5, 0.6) is 0 Å². The molecule has 1 aromatic heterocycles. The van der Waals surface area contributed by atoms with Gasteiger partial charge in [0.15, 0.2) is 6.04 Å². The Morgan fingerprint density at radius 3 is 2.48 bits per heavy atom. The zero-order valence-corrected chi connectivity index (χ0v) is 11.4. The van der Waals surface area contributed by atoms with Crippen molar-refractivity contribution >= 4 is 11.9 Å². The van der Waals surface area contributed by atoms with Crippen LogP contribution >= 0.6 is 0 Å². The van der Waals surface area contributed by atoms with Crippen LogP contribution in [0.2, 0.25) is 0 Å². The zero-order chi connectivity index (χ0) is 15.4. The van der Waals surface area contributed by atoms with Crippen LogP contribution in [0.4, 0.5) is 0 Å². The third-order valence-electron chi connectivity index (χ3n) is 3.03. The van der Waals surface area contributed by atoms with Crippen molar-refractivity contribution in [3.63, 3.8) is 0 Å². The third kappa shape index (κ3) is 3.46. The summed E-state index contributed by atoms with van der Waals surface area (Å²) in [7, 11) is 1.71. The number of carbonyl (C=O) groups is 2. The number of amides is 1. The number of carboxylic acids is 1. The van der Waals surface area contributed by atoms with Gasteiger partial charge in [-0.2, -0.15) is 5.10 Å². The Hall–Kier alpha value is -2.67. The van der Waals surface area contributed by atoms with E-state index in [9.17, 15) is 14.7 Å². The monoisotopic (exact) mass is 288 g/mol.